The van der Waals surface area contributed by atoms with Gasteiger partial charge >= 0.3 is 0 Å². The Kier molecular flexibility index (Phi) is 4.00. The average Bonchev–Trinajstić information content (AvgIpc) is 3.09. The molecule has 0 radical (unpaired) electrons. The average molecular weight is 284 g/mol. The summed E-state index contributed by atoms with van der Waals surface area (Å²) in [7, 11) is 0. The van der Waals surface area contributed by atoms with Crippen LogP contribution in [0.15, 0.2) is 30.3 Å². The molecule has 1 aromatic carbocycles. The molecular weight excluding hydrogens is 256 g/mol. The van der Waals surface area contributed by atoms with Gasteiger partial charge in [0.1, 0.15) is 0 Å². The number of nitrogens with one attached hydrogen (secondary N) is 1. The van der Waals surface area contributed by atoms with Crippen LogP contribution in [0.5, 0.6) is 0 Å². The third kappa shape index (κ3) is 3.17. The van der Waals surface area contributed by atoms with E-state index in [1.165, 1.54) is 63.6 Å². The summed E-state index contributed by atoms with van der Waals surface area (Å²) >= 11 is 0. The lowest BCUT2D eigenvalue weighted by molar-refractivity contribution is 0.173. The van der Waals surface area contributed by atoms with Gasteiger partial charge < -0.3 is 10.2 Å². The highest BCUT2D eigenvalue weighted by molar-refractivity contribution is 5.27. The monoisotopic (exact) mass is 284 g/mol. The zero-order valence-electron chi connectivity index (χ0n) is 13.0. The summed E-state index contributed by atoms with van der Waals surface area (Å²) in [5.41, 5.74) is 1.53. The van der Waals surface area contributed by atoms with E-state index in [0.717, 1.165) is 24.0 Å². The van der Waals surface area contributed by atoms with Crippen molar-refractivity contribution in [2.24, 2.45) is 0 Å². The molecule has 2 nitrogen and oxygen atoms in total. The van der Waals surface area contributed by atoms with Gasteiger partial charge in [0, 0.05) is 24.0 Å². The lowest BCUT2D eigenvalue weighted by Gasteiger charge is -2.35. The van der Waals surface area contributed by atoms with Gasteiger partial charge in [0.2, 0.25) is 0 Å². The second-order valence-electron chi connectivity index (χ2n) is 7.27. The summed E-state index contributed by atoms with van der Waals surface area (Å²) in [5.74, 6) is 0.780. The number of likely N-dealkylation sites (tertiary alicyclic amines) is 1. The van der Waals surface area contributed by atoms with E-state index in [9.17, 15) is 0 Å². The highest BCUT2D eigenvalue weighted by Crippen LogP contribution is 2.41. The number of benzene rings is 1. The molecule has 2 unspecified atom stereocenters. The summed E-state index contributed by atoms with van der Waals surface area (Å²) < 4.78 is 0. The first kappa shape index (κ1) is 13.8. The van der Waals surface area contributed by atoms with Crippen LogP contribution in [0.3, 0.4) is 0 Å². The molecule has 1 aliphatic heterocycles. The zero-order chi connectivity index (χ0) is 14.1. The van der Waals surface area contributed by atoms with Crippen LogP contribution in [0.25, 0.3) is 0 Å². The Morgan fingerprint density at radius 1 is 0.905 bits per heavy atom. The quantitative estimate of drug-likeness (QED) is 0.910. The molecule has 0 bridgehead atoms. The molecule has 0 amide bonds. The minimum absolute atomic E-state index is 0.751. The molecular formula is C19H28N2. The number of hydrogen-bond donors (Lipinski definition) is 1. The maximum absolute atomic E-state index is 3.93. The minimum atomic E-state index is 0.751. The van der Waals surface area contributed by atoms with Crippen LogP contribution in [0.2, 0.25) is 0 Å². The lowest BCUT2D eigenvalue weighted by atomic mass is 9.90. The van der Waals surface area contributed by atoms with E-state index in [1.54, 1.807) is 0 Å². The van der Waals surface area contributed by atoms with E-state index in [1.807, 2.05) is 0 Å². The Bertz CT molecular complexity index is 444. The van der Waals surface area contributed by atoms with Gasteiger partial charge in [0.05, 0.1) is 0 Å². The predicted molar refractivity (Wildman–Crippen MR) is 87.6 cm³/mol. The number of nitrogens with zero attached hydrogens (tertiary/aromatic N) is 1. The lowest BCUT2D eigenvalue weighted by Crippen LogP contribution is -2.42. The SMILES string of the molecule is c1ccc(C2CC2NC2CCC(N3CCCC3)CC2)cc1. The predicted octanol–water partition coefficient (Wildman–Crippen LogP) is 3.54. The van der Waals surface area contributed by atoms with E-state index in [-0.39, 0.29) is 0 Å². The van der Waals surface area contributed by atoms with E-state index >= 15 is 0 Å². The molecule has 0 aromatic heterocycles. The summed E-state index contributed by atoms with van der Waals surface area (Å²) in [6.07, 6.45) is 9.81. The van der Waals surface area contributed by atoms with E-state index in [2.05, 4.69) is 40.5 Å². The Morgan fingerprint density at radius 2 is 1.62 bits per heavy atom. The first-order chi connectivity index (χ1) is 10.4. The Balaban J connectivity index is 1.23. The van der Waals surface area contributed by atoms with Gasteiger partial charge in [-0.2, -0.15) is 0 Å². The van der Waals surface area contributed by atoms with Crippen molar-refractivity contribution in [3.05, 3.63) is 35.9 Å². The molecule has 114 valence electrons. The molecule has 1 saturated heterocycles. The highest BCUT2D eigenvalue weighted by atomic mass is 15.2. The van der Waals surface area contributed by atoms with Crippen molar-refractivity contribution < 1.29 is 0 Å². The van der Waals surface area contributed by atoms with Crippen LogP contribution >= 0.6 is 0 Å². The molecule has 3 fully saturated rings. The molecule has 2 aliphatic carbocycles. The first-order valence-electron chi connectivity index (χ1n) is 8.95. The van der Waals surface area contributed by atoms with Crippen LogP contribution in [-0.2, 0) is 0 Å². The fourth-order valence-corrected chi connectivity index (χ4v) is 4.46. The second-order valence-corrected chi connectivity index (χ2v) is 7.27. The molecule has 1 N–H and O–H groups in total. The van der Waals surface area contributed by atoms with Crippen molar-refractivity contribution in [1.82, 2.24) is 10.2 Å². The van der Waals surface area contributed by atoms with Gasteiger partial charge in [-0.15, -0.1) is 0 Å². The van der Waals surface area contributed by atoms with Crippen molar-refractivity contribution in [3.8, 4) is 0 Å². The molecule has 2 heteroatoms. The van der Waals surface area contributed by atoms with Gasteiger partial charge in [0.15, 0.2) is 0 Å². The highest BCUT2D eigenvalue weighted by Gasteiger charge is 2.40. The van der Waals surface area contributed by atoms with Gasteiger partial charge in [-0.1, -0.05) is 30.3 Å². The molecule has 1 heterocycles. The van der Waals surface area contributed by atoms with Crippen LogP contribution < -0.4 is 5.32 Å². The molecule has 21 heavy (non-hydrogen) atoms. The van der Waals surface area contributed by atoms with Crippen molar-refractivity contribution >= 4 is 0 Å². The maximum atomic E-state index is 3.93. The smallest absolute Gasteiger partial charge is 0.0145 e. The molecule has 1 aromatic rings. The van der Waals surface area contributed by atoms with Crippen molar-refractivity contribution in [1.29, 1.82) is 0 Å². The molecule has 3 aliphatic rings. The zero-order valence-corrected chi connectivity index (χ0v) is 13.0. The minimum Gasteiger partial charge on any atom is -0.311 e. The summed E-state index contributed by atoms with van der Waals surface area (Å²) in [4.78, 5) is 2.75. The maximum Gasteiger partial charge on any atom is 0.0145 e. The van der Waals surface area contributed by atoms with Crippen molar-refractivity contribution in [2.75, 3.05) is 13.1 Å². The first-order valence-corrected chi connectivity index (χ1v) is 8.95. The normalized spacial score (nSPS) is 36.8. The summed E-state index contributed by atoms with van der Waals surface area (Å²) in [6.45, 7) is 2.73. The fraction of sp³-hybridized carbons (Fsp3) is 0.684. The van der Waals surface area contributed by atoms with Crippen molar-refractivity contribution in [3.63, 3.8) is 0 Å². The van der Waals surface area contributed by atoms with Crippen LogP contribution in [0.4, 0.5) is 0 Å². The largest absolute Gasteiger partial charge is 0.311 e. The Morgan fingerprint density at radius 3 is 2.33 bits per heavy atom. The molecule has 4 rings (SSSR count). The summed E-state index contributed by atoms with van der Waals surface area (Å²) in [5, 5.41) is 3.93. The Labute approximate surface area is 128 Å². The van der Waals surface area contributed by atoms with Crippen LogP contribution in [0, 0.1) is 0 Å². The second kappa shape index (κ2) is 6.10. The molecule has 2 saturated carbocycles. The molecule has 0 spiro atoms. The van der Waals surface area contributed by atoms with Crippen LogP contribution in [0.1, 0.15) is 56.4 Å². The van der Waals surface area contributed by atoms with Gasteiger partial charge in [0.25, 0.3) is 0 Å². The third-order valence-electron chi connectivity index (χ3n) is 5.82. The third-order valence-corrected chi connectivity index (χ3v) is 5.82. The van der Waals surface area contributed by atoms with E-state index in [4.69, 9.17) is 0 Å². The summed E-state index contributed by atoms with van der Waals surface area (Å²) in [6, 6.07) is 13.5. The topological polar surface area (TPSA) is 15.3 Å². The van der Waals surface area contributed by atoms with Crippen LogP contribution in [-0.4, -0.2) is 36.1 Å². The van der Waals surface area contributed by atoms with Gasteiger partial charge in [-0.25, -0.2) is 0 Å². The number of hydrogen-bond acceptors (Lipinski definition) is 2. The molecule has 2 atom stereocenters. The van der Waals surface area contributed by atoms with Crippen molar-refractivity contribution in [2.45, 2.75) is 69.0 Å². The standard InChI is InChI=1S/C19H28N2/c1-2-6-15(7-3-1)18-14-19(18)20-16-8-10-17(11-9-16)21-12-4-5-13-21/h1-3,6-7,16-20H,4-5,8-14H2. The fourth-order valence-electron chi connectivity index (χ4n) is 4.46. The van der Waals surface area contributed by atoms with E-state index < -0.39 is 0 Å². The van der Waals surface area contributed by atoms with E-state index in [0.29, 0.717) is 0 Å². The van der Waals surface area contributed by atoms with Gasteiger partial charge in [-0.05, 0) is 63.6 Å². The number of rotatable bonds is 4. The van der Waals surface area contributed by atoms with Gasteiger partial charge in [-0.3, -0.25) is 0 Å². The Hall–Kier alpha value is -0.860.